The summed E-state index contributed by atoms with van der Waals surface area (Å²) in [5.74, 6) is 0. The first-order valence-corrected chi connectivity index (χ1v) is 6.60. The van der Waals surface area contributed by atoms with Gasteiger partial charge in [0, 0.05) is 26.8 Å². The number of aryl methyl sites for hydroxylation is 1. The molecule has 0 bridgehead atoms. The summed E-state index contributed by atoms with van der Waals surface area (Å²) in [5, 5.41) is 0. The Labute approximate surface area is 110 Å². The van der Waals surface area contributed by atoms with E-state index in [1.54, 1.807) is 30.9 Å². The molecule has 100 valence electrons. The molecule has 0 aliphatic rings. The summed E-state index contributed by atoms with van der Waals surface area (Å²) in [6.45, 7) is 2.21. The smallest absolute Gasteiger partial charge is 0.323 e. The molecule has 1 aromatic carbocycles. The van der Waals surface area contributed by atoms with E-state index < -0.39 is 0 Å². The normalized spacial score (nSPS) is 10.2. The fourth-order valence-electron chi connectivity index (χ4n) is 1.88. The van der Waals surface area contributed by atoms with E-state index in [-0.39, 0.29) is 6.03 Å². The Morgan fingerprint density at radius 3 is 2.17 bits per heavy atom. The fourth-order valence-corrected chi connectivity index (χ4v) is 1.88. The second-order valence-electron chi connectivity index (χ2n) is 4.86. The quantitative estimate of drug-likeness (QED) is 0.731. The number of rotatable bonds is 5. The van der Waals surface area contributed by atoms with E-state index in [9.17, 15) is 4.79 Å². The van der Waals surface area contributed by atoms with Gasteiger partial charge in [-0.15, -0.1) is 0 Å². The lowest BCUT2D eigenvalue weighted by atomic mass is 10.1. The first-order chi connectivity index (χ1) is 8.56. The predicted octanol–water partition coefficient (Wildman–Crippen LogP) is 3.54. The van der Waals surface area contributed by atoms with E-state index >= 15 is 0 Å². The lowest BCUT2D eigenvalue weighted by molar-refractivity contribution is 0.225. The van der Waals surface area contributed by atoms with Gasteiger partial charge in [-0.3, -0.25) is 4.90 Å². The first-order valence-electron chi connectivity index (χ1n) is 6.60. The van der Waals surface area contributed by atoms with Crippen LogP contribution >= 0.6 is 0 Å². The summed E-state index contributed by atoms with van der Waals surface area (Å²) in [6.07, 6.45) is 4.89. The monoisotopic (exact) mass is 248 g/mol. The zero-order chi connectivity index (χ0) is 13.5. The van der Waals surface area contributed by atoms with Crippen molar-refractivity contribution in [3.8, 4) is 0 Å². The van der Waals surface area contributed by atoms with Crippen molar-refractivity contribution in [2.45, 2.75) is 32.6 Å². The Hall–Kier alpha value is -1.51. The van der Waals surface area contributed by atoms with Crippen molar-refractivity contribution in [3.63, 3.8) is 0 Å². The van der Waals surface area contributed by atoms with Crippen molar-refractivity contribution < 1.29 is 4.79 Å². The highest BCUT2D eigenvalue weighted by atomic mass is 16.2. The second-order valence-corrected chi connectivity index (χ2v) is 4.86. The molecule has 0 aliphatic heterocycles. The topological polar surface area (TPSA) is 23.6 Å². The SMILES string of the molecule is CCCCCc1ccc(N(C)C(=O)N(C)C)cc1. The highest BCUT2D eigenvalue weighted by molar-refractivity contribution is 5.91. The Balaban J connectivity index is 2.62. The average molecular weight is 248 g/mol. The molecule has 0 heterocycles. The van der Waals surface area contributed by atoms with E-state index in [1.165, 1.54) is 24.8 Å². The zero-order valence-corrected chi connectivity index (χ0v) is 11.9. The Kier molecular flexibility index (Phi) is 5.69. The predicted molar refractivity (Wildman–Crippen MR) is 77.2 cm³/mol. The van der Waals surface area contributed by atoms with Crippen LogP contribution < -0.4 is 4.90 Å². The molecular weight excluding hydrogens is 224 g/mol. The van der Waals surface area contributed by atoms with Crippen molar-refractivity contribution in [2.24, 2.45) is 0 Å². The summed E-state index contributed by atoms with van der Waals surface area (Å²) in [6, 6.07) is 8.26. The van der Waals surface area contributed by atoms with Gasteiger partial charge in [-0.2, -0.15) is 0 Å². The molecular formula is C15H24N2O. The molecule has 0 spiro atoms. The highest BCUT2D eigenvalue weighted by Gasteiger charge is 2.11. The molecule has 1 rings (SSSR count). The highest BCUT2D eigenvalue weighted by Crippen LogP contribution is 2.16. The second kappa shape index (κ2) is 7.04. The van der Waals surface area contributed by atoms with Crippen LogP contribution in [0.1, 0.15) is 31.7 Å². The molecule has 2 amide bonds. The van der Waals surface area contributed by atoms with Crippen molar-refractivity contribution in [3.05, 3.63) is 29.8 Å². The van der Waals surface area contributed by atoms with Crippen molar-refractivity contribution in [1.29, 1.82) is 0 Å². The van der Waals surface area contributed by atoms with Crippen molar-refractivity contribution in [1.82, 2.24) is 4.90 Å². The average Bonchev–Trinajstić information content (AvgIpc) is 2.38. The summed E-state index contributed by atoms with van der Waals surface area (Å²) >= 11 is 0. The minimum atomic E-state index is -0.00580. The van der Waals surface area contributed by atoms with Gasteiger partial charge in [-0.05, 0) is 30.5 Å². The Morgan fingerprint density at radius 2 is 1.67 bits per heavy atom. The number of unbranched alkanes of at least 4 members (excludes halogenated alkanes) is 2. The van der Waals surface area contributed by atoms with Crippen LogP contribution in [0.25, 0.3) is 0 Å². The van der Waals surface area contributed by atoms with Gasteiger partial charge < -0.3 is 4.90 Å². The standard InChI is InChI=1S/C15H24N2O/c1-5-6-7-8-13-9-11-14(12-10-13)17(4)15(18)16(2)3/h9-12H,5-8H2,1-4H3. The molecule has 0 aliphatic carbocycles. The molecule has 0 atom stereocenters. The van der Waals surface area contributed by atoms with Gasteiger partial charge in [-0.1, -0.05) is 31.9 Å². The van der Waals surface area contributed by atoms with Gasteiger partial charge in [0.2, 0.25) is 0 Å². The molecule has 0 radical (unpaired) electrons. The van der Waals surface area contributed by atoms with Crippen LogP contribution in [0, 0.1) is 0 Å². The number of benzene rings is 1. The molecule has 3 nitrogen and oxygen atoms in total. The summed E-state index contributed by atoms with van der Waals surface area (Å²) < 4.78 is 0. The number of anilines is 1. The molecule has 0 fully saturated rings. The molecule has 0 unspecified atom stereocenters. The molecule has 3 heteroatoms. The number of hydrogen-bond donors (Lipinski definition) is 0. The van der Waals surface area contributed by atoms with Gasteiger partial charge in [0.05, 0.1) is 0 Å². The van der Waals surface area contributed by atoms with Crippen LogP contribution in [0.3, 0.4) is 0 Å². The van der Waals surface area contributed by atoms with E-state index in [0.717, 1.165) is 12.1 Å². The van der Waals surface area contributed by atoms with E-state index in [2.05, 4.69) is 19.1 Å². The van der Waals surface area contributed by atoms with Gasteiger partial charge in [-0.25, -0.2) is 4.79 Å². The summed E-state index contributed by atoms with van der Waals surface area (Å²) in [4.78, 5) is 15.0. The lowest BCUT2D eigenvalue weighted by Crippen LogP contribution is -2.36. The van der Waals surface area contributed by atoms with Crippen LogP contribution in [0.2, 0.25) is 0 Å². The van der Waals surface area contributed by atoms with Gasteiger partial charge in [0.25, 0.3) is 0 Å². The number of urea groups is 1. The van der Waals surface area contributed by atoms with Crippen LogP contribution in [-0.4, -0.2) is 32.1 Å². The first kappa shape index (κ1) is 14.6. The third-order valence-electron chi connectivity index (χ3n) is 3.06. The van der Waals surface area contributed by atoms with Crippen LogP contribution in [-0.2, 0) is 6.42 Å². The van der Waals surface area contributed by atoms with E-state index in [1.807, 2.05) is 12.1 Å². The molecule has 1 aromatic rings. The largest absolute Gasteiger partial charge is 0.330 e. The zero-order valence-electron chi connectivity index (χ0n) is 11.9. The Bertz CT molecular complexity index is 371. The van der Waals surface area contributed by atoms with E-state index in [0.29, 0.717) is 0 Å². The maximum absolute atomic E-state index is 11.8. The van der Waals surface area contributed by atoms with Crippen LogP contribution in [0.15, 0.2) is 24.3 Å². The minimum absolute atomic E-state index is 0.00580. The number of amides is 2. The molecule has 0 N–H and O–H groups in total. The summed E-state index contributed by atoms with van der Waals surface area (Å²) in [5.41, 5.74) is 2.28. The molecule has 0 saturated heterocycles. The number of hydrogen-bond acceptors (Lipinski definition) is 1. The van der Waals surface area contributed by atoms with Crippen LogP contribution in [0.5, 0.6) is 0 Å². The number of carbonyl (C=O) groups excluding carboxylic acids is 1. The van der Waals surface area contributed by atoms with E-state index in [4.69, 9.17) is 0 Å². The minimum Gasteiger partial charge on any atom is -0.330 e. The molecule has 18 heavy (non-hydrogen) atoms. The molecule has 0 saturated carbocycles. The van der Waals surface area contributed by atoms with Crippen LogP contribution in [0.4, 0.5) is 10.5 Å². The lowest BCUT2D eigenvalue weighted by Gasteiger charge is -2.22. The third kappa shape index (κ3) is 4.06. The number of carbonyl (C=O) groups is 1. The number of nitrogens with zero attached hydrogens (tertiary/aromatic N) is 2. The van der Waals surface area contributed by atoms with Crippen molar-refractivity contribution in [2.75, 3.05) is 26.0 Å². The maximum atomic E-state index is 11.8. The van der Waals surface area contributed by atoms with Gasteiger partial charge in [0.1, 0.15) is 0 Å². The molecule has 0 aromatic heterocycles. The fraction of sp³-hybridized carbons (Fsp3) is 0.533. The summed E-state index contributed by atoms with van der Waals surface area (Å²) in [7, 11) is 5.32. The maximum Gasteiger partial charge on any atom is 0.323 e. The van der Waals surface area contributed by atoms with Gasteiger partial charge in [0.15, 0.2) is 0 Å². The third-order valence-corrected chi connectivity index (χ3v) is 3.06. The Morgan fingerprint density at radius 1 is 1.06 bits per heavy atom. The van der Waals surface area contributed by atoms with Crippen molar-refractivity contribution >= 4 is 11.7 Å². The van der Waals surface area contributed by atoms with Gasteiger partial charge >= 0.3 is 6.03 Å².